The Bertz CT molecular complexity index is 700. The zero-order valence-corrected chi connectivity index (χ0v) is 13.0. The van der Waals surface area contributed by atoms with Crippen molar-refractivity contribution in [1.29, 1.82) is 0 Å². The first-order valence-corrected chi connectivity index (χ1v) is 7.66. The van der Waals surface area contributed by atoms with Gasteiger partial charge in [-0.15, -0.1) is 0 Å². The van der Waals surface area contributed by atoms with E-state index in [0.717, 1.165) is 12.8 Å². The Morgan fingerprint density at radius 2 is 1.91 bits per heavy atom. The molecule has 0 radical (unpaired) electrons. The van der Waals surface area contributed by atoms with Crippen molar-refractivity contribution in [3.05, 3.63) is 48.0 Å². The smallest absolute Gasteiger partial charge is 0.228 e. The molecule has 1 saturated heterocycles. The molecule has 1 amide bonds. The fraction of sp³-hybridized carbons (Fsp3) is 0.353. The van der Waals surface area contributed by atoms with E-state index in [2.05, 4.69) is 10.3 Å². The molecule has 0 bridgehead atoms. The van der Waals surface area contributed by atoms with E-state index >= 15 is 0 Å². The van der Waals surface area contributed by atoms with Crippen LogP contribution < -0.4 is 5.32 Å². The van der Waals surface area contributed by atoms with E-state index in [1.165, 1.54) is 0 Å². The molecule has 0 unspecified atom stereocenters. The molecule has 3 rings (SSSR count). The molecule has 1 aliphatic rings. The molecule has 0 atom stereocenters. The molecule has 1 aromatic heterocycles. The van der Waals surface area contributed by atoms with Gasteiger partial charge in [0.15, 0.2) is 5.82 Å². The summed E-state index contributed by atoms with van der Waals surface area (Å²) in [6.07, 6.45) is 4.83. The summed E-state index contributed by atoms with van der Waals surface area (Å²) in [4.78, 5) is 28.6. The van der Waals surface area contributed by atoms with E-state index in [9.17, 15) is 9.59 Å². The summed E-state index contributed by atoms with van der Waals surface area (Å²) in [6.45, 7) is 1.27. The lowest BCUT2D eigenvalue weighted by Crippen LogP contribution is -2.28. The van der Waals surface area contributed by atoms with Crippen molar-refractivity contribution in [1.82, 2.24) is 9.55 Å². The fourth-order valence-electron chi connectivity index (χ4n) is 2.62. The van der Waals surface area contributed by atoms with Crippen molar-refractivity contribution in [2.45, 2.75) is 12.8 Å². The zero-order valence-electron chi connectivity index (χ0n) is 13.0. The number of amides is 1. The Labute approximate surface area is 134 Å². The number of carbonyl (C=O) groups excluding carboxylic acids is 2. The largest absolute Gasteiger partial charge is 0.381 e. The standard InChI is InChI=1S/C17H19N3O3/c1-20-9-8-18-16(20)15(21)12-2-4-14(5-3-12)19-17(22)13-6-10-23-11-7-13/h2-5,8-9,13H,6-7,10-11H2,1H3,(H,19,22). The molecule has 1 N–H and O–H groups in total. The van der Waals surface area contributed by atoms with Crippen LogP contribution in [0.1, 0.15) is 29.0 Å². The number of carbonyl (C=O) groups is 2. The molecule has 23 heavy (non-hydrogen) atoms. The molecule has 6 heteroatoms. The van der Waals surface area contributed by atoms with Gasteiger partial charge in [-0.25, -0.2) is 4.98 Å². The van der Waals surface area contributed by atoms with Gasteiger partial charge in [0.25, 0.3) is 0 Å². The monoisotopic (exact) mass is 313 g/mol. The van der Waals surface area contributed by atoms with Crippen LogP contribution in [0.25, 0.3) is 0 Å². The number of aryl methyl sites for hydroxylation is 1. The van der Waals surface area contributed by atoms with E-state index in [1.54, 1.807) is 48.3 Å². The molecule has 1 aromatic carbocycles. The topological polar surface area (TPSA) is 73.2 Å². The average molecular weight is 313 g/mol. The summed E-state index contributed by atoms with van der Waals surface area (Å²) in [5.41, 5.74) is 1.24. The van der Waals surface area contributed by atoms with Crippen molar-refractivity contribution < 1.29 is 14.3 Å². The minimum Gasteiger partial charge on any atom is -0.381 e. The Kier molecular flexibility index (Phi) is 4.52. The summed E-state index contributed by atoms with van der Waals surface area (Å²) in [5, 5.41) is 2.90. The van der Waals surface area contributed by atoms with Crippen molar-refractivity contribution in [3.8, 4) is 0 Å². The number of benzene rings is 1. The molecule has 120 valence electrons. The Morgan fingerprint density at radius 3 is 2.52 bits per heavy atom. The first kappa shape index (κ1) is 15.4. The maximum Gasteiger partial charge on any atom is 0.228 e. The maximum atomic E-state index is 12.3. The van der Waals surface area contributed by atoms with Gasteiger partial charge in [-0.3, -0.25) is 9.59 Å². The van der Waals surface area contributed by atoms with E-state index < -0.39 is 0 Å². The second-order valence-corrected chi connectivity index (χ2v) is 5.64. The number of ether oxygens (including phenoxy) is 1. The number of hydrogen-bond acceptors (Lipinski definition) is 4. The summed E-state index contributed by atoms with van der Waals surface area (Å²) in [6, 6.07) is 6.90. The molecule has 2 aromatic rings. The first-order chi connectivity index (χ1) is 11.1. The van der Waals surface area contributed by atoms with Gasteiger partial charge in [0.1, 0.15) is 0 Å². The van der Waals surface area contributed by atoms with Crippen LogP contribution in [0.2, 0.25) is 0 Å². The van der Waals surface area contributed by atoms with Crippen molar-refractivity contribution in [2.75, 3.05) is 18.5 Å². The number of imidazole rings is 1. The highest BCUT2D eigenvalue weighted by molar-refractivity contribution is 6.07. The van der Waals surface area contributed by atoms with Gasteiger partial charge in [0, 0.05) is 49.8 Å². The van der Waals surface area contributed by atoms with E-state index in [0.29, 0.717) is 30.3 Å². The van der Waals surface area contributed by atoms with Gasteiger partial charge in [0.05, 0.1) is 0 Å². The molecule has 2 heterocycles. The predicted octanol–water partition coefficient (Wildman–Crippen LogP) is 2.02. The van der Waals surface area contributed by atoms with Gasteiger partial charge in [-0.2, -0.15) is 0 Å². The summed E-state index contributed by atoms with van der Waals surface area (Å²) in [5.74, 6) is 0.262. The number of hydrogen-bond donors (Lipinski definition) is 1. The quantitative estimate of drug-likeness (QED) is 0.876. The fourth-order valence-corrected chi connectivity index (χ4v) is 2.62. The second-order valence-electron chi connectivity index (χ2n) is 5.64. The highest BCUT2D eigenvalue weighted by Gasteiger charge is 2.21. The lowest BCUT2D eigenvalue weighted by atomic mass is 9.99. The summed E-state index contributed by atoms with van der Waals surface area (Å²) in [7, 11) is 1.78. The normalized spacial score (nSPS) is 15.3. The van der Waals surface area contributed by atoms with Crippen molar-refractivity contribution in [3.63, 3.8) is 0 Å². The molecular weight excluding hydrogens is 294 g/mol. The third kappa shape index (κ3) is 3.48. The van der Waals surface area contributed by atoms with Crippen molar-refractivity contribution in [2.24, 2.45) is 13.0 Å². The highest BCUT2D eigenvalue weighted by atomic mass is 16.5. The van der Waals surface area contributed by atoms with Crippen LogP contribution >= 0.6 is 0 Å². The first-order valence-electron chi connectivity index (χ1n) is 7.66. The van der Waals surface area contributed by atoms with Gasteiger partial charge in [0.2, 0.25) is 11.7 Å². The SMILES string of the molecule is Cn1ccnc1C(=O)c1ccc(NC(=O)C2CCOCC2)cc1. The molecule has 1 aliphatic heterocycles. The second kappa shape index (κ2) is 6.75. The number of nitrogens with zero attached hydrogens (tertiary/aromatic N) is 2. The van der Waals surface area contributed by atoms with Crippen LogP contribution in [0.15, 0.2) is 36.7 Å². The Morgan fingerprint density at radius 1 is 1.22 bits per heavy atom. The third-order valence-electron chi connectivity index (χ3n) is 4.03. The number of aromatic nitrogens is 2. The minimum atomic E-state index is -0.139. The van der Waals surface area contributed by atoms with Crippen LogP contribution in [0, 0.1) is 5.92 Å². The lowest BCUT2D eigenvalue weighted by molar-refractivity contribution is -0.122. The zero-order chi connectivity index (χ0) is 16.2. The van der Waals surface area contributed by atoms with Gasteiger partial charge in [-0.1, -0.05) is 0 Å². The molecule has 0 aliphatic carbocycles. The van der Waals surface area contributed by atoms with E-state index in [-0.39, 0.29) is 17.6 Å². The Hall–Kier alpha value is -2.47. The number of anilines is 1. The number of ketones is 1. The number of rotatable bonds is 4. The summed E-state index contributed by atoms with van der Waals surface area (Å²) < 4.78 is 6.95. The Balaban J connectivity index is 1.66. The van der Waals surface area contributed by atoms with Crippen LogP contribution in [0.4, 0.5) is 5.69 Å². The molecule has 6 nitrogen and oxygen atoms in total. The van der Waals surface area contributed by atoms with Crippen LogP contribution in [-0.2, 0) is 16.6 Å². The van der Waals surface area contributed by atoms with Gasteiger partial charge < -0.3 is 14.6 Å². The predicted molar refractivity (Wildman–Crippen MR) is 85.3 cm³/mol. The van der Waals surface area contributed by atoms with E-state index in [4.69, 9.17) is 4.74 Å². The van der Waals surface area contributed by atoms with Crippen molar-refractivity contribution >= 4 is 17.4 Å². The van der Waals surface area contributed by atoms with Gasteiger partial charge >= 0.3 is 0 Å². The van der Waals surface area contributed by atoms with Crippen LogP contribution in [-0.4, -0.2) is 34.5 Å². The average Bonchev–Trinajstić information content (AvgIpc) is 3.02. The minimum absolute atomic E-state index is 0.00220. The lowest BCUT2D eigenvalue weighted by Gasteiger charge is -2.21. The third-order valence-corrected chi connectivity index (χ3v) is 4.03. The summed E-state index contributed by atoms with van der Waals surface area (Å²) >= 11 is 0. The highest BCUT2D eigenvalue weighted by Crippen LogP contribution is 2.18. The molecule has 0 saturated carbocycles. The molecule has 1 fully saturated rings. The van der Waals surface area contributed by atoms with Gasteiger partial charge in [-0.05, 0) is 37.1 Å². The van der Waals surface area contributed by atoms with Crippen LogP contribution in [0.3, 0.4) is 0 Å². The van der Waals surface area contributed by atoms with E-state index in [1.807, 2.05) is 0 Å². The maximum absolute atomic E-state index is 12.3. The molecular formula is C17H19N3O3. The molecule has 0 spiro atoms. The number of nitrogens with one attached hydrogen (secondary N) is 1. The van der Waals surface area contributed by atoms with Crippen LogP contribution in [0.5, 0.6) is 0 Å².